The van der Waals surface area contributed by atoms with Crippen molar-refractivity contribution in [2.45, 2.75) is 43.4 Å². The predicted molar refractivity (Wildman–Crippen MR) is 142 cm³/mol. The molecule has 15 heteroatoms. The van der Waals surface area contributed by atoms with Crippen LogP contribution in [0.25, 0.3) is 0 Å². The fraction of sp³-hybridized carbons (Fsp3) is 0.360. The lowest BCUT2D eigenvalue weighted by Crippen LogP contribution is -2.58. The number of hydrogen-bond acceptors (Lipinski definition) is 9. The van der Waals surface area contributed by atoms with Crippen LogP contribution in [0.4, 0.5) is 4.79 Å². The summed E-state index contributed by atoms with van der Waals surface area (Å²) < 4.78 is 29.2. The van der Waals surface area contributed by atoms with Crippen LogP contribution in [-0.4, -0.2) is 78.7 Å². The topological polar surface area (TPSA) is 197 Å². The molecule has 1 fully saturated rings. The van der Waals surface area contributed by atoms with Crippen molar-refractivity contribution in [2.75, 3.05) is 19.6 Å². The Kier molecular flexibility index (Phi) is 8.19. The molecule has 0 radical (unpaired) electrons. The van der Waals surface area contributed by atoms with Gasteiger partial charge in [0, 0.05) is 31.9 Å². The highest BCUT2D eigenvalue weighted by atomic mass is 32.2. The normalized spacial score (nSPS) is 18.2. The summed E-state index contributed by atoms with van der Waals surface area (Å²) >= 11 is 0. The van der Waals surface area contributed by atoms with Crippen molar-refractivity contribution in [2.24, 2.45) is 5.14 Å². The molecule has 2 aromatic carbocycles. The third-order valence-corrected chi connectivity index (χ3v) is 7.99. The number of aryl methyl sites for hydroxylation is 1. The van der Waals surface area contributed by atoms with Crippen LogP contribution in [0.5, 0.6) is 11.5 Å². The number of nitrogens with two attached hydrogens (primary N) is 1. The van der Waals surface area contributed by atoms with Gasteiger partial charge in [-0.05, 0) is 49.1 Å². The molecule has 2 aromatic rings. The van der Waals surface area contributed by atoms with Crippen LogP contribution >= 0.6 is 0 Å². The maximum atomic E-state index is 13.6. The molecule has 0 aliphatic carbocycles. The van der Waals surface area contributed by atoms with Crippen LogP contribution in [0.3, 0.4) is 0 Å². The van der Waals surface area contributed by atoms with E-state index in [0.717, 1.165) is 23.3 Å². The number of piperazine rings is 1. The smallest absolute Gasteiger partial charge is 0.526 e. The van der Waals surface area contributed by atoms with Crippen LogP contribution in [0, 0.1) is 6.92 Å². The number of benzene rings is 2. The molecule has 0 unspecified atom stereocenters. The third-order valence-electron chi connectivity index (χ3n) is 7.03. The molecule has 0 saturated carbocycles. The van der Waals surface area contributed by atoms with E-state index in [1.807, 2.05) is 25.1 Å². The molecule has 1 saturated heterocycles. The zero-order chi connectivity index (χ0) is 29.4. The monoisotopic (exact) mass is 572 g/mol. The number of likely N-dealkylation sites (N-methyl/N-ethyl adjacent to an activating group) is 1. The van der Waals surface area contributed by atoms with Crippen molar-refractivity contribution >= 4 is 40.8 Å². The van der Waals surface area contributed by atoms with Crippen LogP contribution in [0.15, 0.2) is 41.3 Å². The number of sulfonamides is 1. The number of carbonyl (C=O) groups is 4. The summed E-state index contributed by atoms with van der Waals surface area (Å²) in [6, 6.07) is 6.10. The second-order valence-corrected chi connectivity index (χ2v) is 11.2. The number of nitrogens with one attached hydrogen (secondary N) is 1. The van der Waals surface area contributed by atoms with E-state index in [0.29, 0.717) is 17.1 Å². The zero-order valence-electron chi connectivity index (χ0n) is 21.9. The van der Waals surface area contributed by atoms with Crippen molar-refractivity contribution < 1.29 is 42.4 Å². The van der Waals surface area contributed by atoms with Crippen molar-refractivity contribution in [3.05, 3.63) is 53.1 Å². The van der Waals surface area contributed by atoms with Crippen LogP contribution in [-0.2, 0) is 30.8 Å². The van der Waals surface area contributed by atoms with E-state index in [-0.39, 0.29) is 31.6 Å². The van der Waals surface area contributed by atoms with Gasteiger partial charge in [-0.3, -0.25) is 19.3 Å². The van der Waals surface area contributed by atoms with Gasteiger partial charge in [-0.15, -0.1) is 0 Å². The molecule has 5 N–H and O–H groups in total. The molecule has 0 bridgehead atoms. The Labute approximate surface area is 231 Å². The largest absolute Gasteiger partial charge is 0.536 e. The first-order valence-corrected chi connectivity index (χ1v) is 14.1. The Morgan fingerprint density at radius 3 is 2.58 bits per heavy atom. The standard InChI is InChI=1S/C25H29BN4O9S/c1-3-29-9-10-30(24(34)23(29)33)25(35)28-21(15-7-8-20(18(31)12-15)40(27,37)38)19(32)13-17-11-16-6-4-5-14(2)22(16)39-26(17)36/h4-8,12,17,21,31,36H,3,9-11,13H2,1-2H3,(H,28,35)(H2,27,37,38)/t17-,21+/m1/s1. The lowest BCUT2D eigenvalue weighted by atomic mass is 9.64. The fourth-order valence-corrected chi connectivity index (χ4v) is 5.48. The lowest BCUT2D eigenvalue weighted by Gasteiger charge is -2.33. The molecule has 4 rings (SSSR count). The number of primary sulfonamides is 1. The predicted octanol–water partition coefficient (Wildman–Crippen LogP) is 0.234. The summed E-state index contributed by atoms with van der Waals surface area (Å²) in [5.74, 6) is -3.46. The van der Waals surface area contributed by atoms with Crippen LogP contribution in [0.2, 0.25) is 5.82 Å². The summed E-state index contributed by atoms with van der Waals surface area (Å²) in [7, 11) is -5.61. The minimum absolute atomic E-state index is 0.00307. The molecule has 2 aliphatic rings. The Balaban J connectivity index is 1.62. The van der Waals surface area contributed by atoms with E-state index >= 15 is 0 Å². The summed E-state index contributed by atoms with van der Waals surface area (Å²) in [5, 5.41) is 28.5. The van der Waals surface area contributed by atoms with Gasteiger partial charge in [0.05, 0.1) is 0 Å². The Morgan fingerprint density at radius 1 is 1.20 bits per heavy atom. The number of rotatable bonds is 7. The molecule has 0 spiro atoms. The molecule has 0 aromatic heterocycles. The second kappa shape index (κ2) is 11.3. The van der Waals surface area contributed by atoms with Gasteiger partial charge in [0.15, 0.2) is 5.78 Å². The van der Waals surface area contributed by atoms with Gasteiger partial charge < -0.3 is 25.0 Å². The maximum Gasteiger partial charge on any atom is 0.526 e. The third kappa shape index (κ3) is 5.81. The number of phenolic OH excluding ortho intramolecular Hbond substituents is 1. The van der Waals surface area contributed by atoms with E-state index in [9.17, 15) is 37.7 Å². The average Bonchev–Trinajstić information content (AvgIpc) is 2.89. The van der Waals surface area contributed by atoms with Crippen LogP contribution in [0.1, 0.15) is 36.1 Å². The van der Waals surface area contributed by atoms with Gasteiger partial charge in [0.25, 0.3) is 0 Å². The van der Waals surface area contributed by atoms with Crippen molar-refractivity contribution in [1.82, 2.24) is 15.1 Å². The highest BCUT2D eigenvalue weighted by Gasteiger charge is 2.40. The molecular weight excluding hydrogens is 543 g/mol. The van der Waals surface area contributed by atoms with Gasteiger partial charge in [0.2, 0.25) is 10.0 Å². The number of urea groups is 1. The van der Waals surface area contributed by atoms with E-state index in [1.54, 1.807) is 6.92 Å². The number of fused-ring (bicyclic) bond motifs is 1. The number of nitrogens with zero attached hydrogens (tertiary/aromatic N) is 2. The Bertz CT molecular complexity index is 1480. The van der Waals surface area contributed by atoms with Gasteiger partial charge >= 0.3 is 25.0 Å². The zero-order valence-corrected chi connectivity index (χ0v) is 22.7. The average molecular weight is 572 g/mol. The summed E-state index contributed by atoms with van der Waals surface area (Å²) in [6.07, 6.45) is 0.0137. The molecule has 2 aliphatic heterocycles. The minimum Gasteiger partial charge on any atom is -0.536 e. The quantitative estimate of drug-likeness (QED) is 0.265. The molecule has 212 valence electrons. The van der Waals surface area contributed by atoms with Gasteiger partial charge in [-0.25, -0.2) is 18.4 Å². The fourth-order valence-electron chi connectivity index (χ4n) is 4.87. The molecule has 4 amide bonds. The lowest BCUT2D eigenvalue weighted by molar-refractivity contribution is -0.153. The summed E-state index contributed by atoms with van der Waals surface area (Å²) in [6.45, 7) is 3.81. The number of amides is 4. The highest BCUT2D eigenvalue weighted by molar-refractivity contribution is 7.89. The number of hydrogen-bond donors (Lipinski definition) is 4. The number of aromatic hydroxyl groups is 1. The summed E-state index contributed by atoms with van der Waals surface area (Å²) in [5.41, 5.74) is 1.60. The van der Waals surface area contributed by atoms with E-state index < -0.39 is 63.3 Å². The first-order valence-electron chi connectivity index (χ1n) is 12.5. The van der Waals surface area contributed by atoms with Gasteiger partial charge in [-0.1, -0.05) is 24.3 Å². The van der Waals surface area contributed by atoms with E-state index in [1.165, 1.54) is 11.0 Å². The minimum atomic E-state index is -4.29. The molecule has 13 nitrogen and oxygen atoms in total. The van der Waals surface area contributed by atoms with Crippen LogP contribution < -0.4 is 15.1 Å². The molecule has 2 heterocycles. The van der Waals surface area contributed by atoms with Crippen molar-refractivity contribution in [1.29, 1.82) is 0 Å². The molecule has 40 heavy (non-hydrogen) atoms. The number of carbonyl (C=O) groups excluding carboxylic acids is 4. The van der Waals surface area contributed by atoms with Crippen molar-refractivity contribution in [3.63, 3.8) is 0 Å². The maximum absolute atomic E-state index is 13.6. The summed E-state index contributed by atoms with van der Waals surface area (Å²) in [4.78, 5) is 53.0. The van der Waals surface area contributed by atoms with Gasteiger partial charge in [0.1, 0.15) is 22.4 Å². The second-order valence-electron chi connectivity index (χ2n) is 9.70. The number of phenols is 1. The molecular formula is C25H29BN4O9S. The Morgan fingerprint density at radius 2 is 1.93 bits per heavy atom. The number of para-hydroxylation sites is 1. The first kappa shape index (κ1) is 29.0. The Hall–Kier alpha value is -3.95. The van der Waals surface area contributed by atoms with E-state index in [2.05, 4.69) is 5.32 Å². The van der Waals surface area contributed by atoms with E-state index in [4.69, 9.17) is 9.79 Å². The number of ketones is 1. The number of imide groups is 1. The first-order chi connectivity index (χ1) is 18.8. The van der Waals surface area contributed by atoms with Gasteiger partial charge in [-0.2, -0.15) is 0 Å². The number of Topliss-reactive ketones (excluding diaryl/α,β-unsaturated/α-hetero) is 1. The highest BCUT2D eigenvalue weighted by Crippen LogP contribution is 2.37. The molecule has 2 atom stereocenters. The SMILES string of the molecule is CCN1CCN(C(=O)N[C@H](C(=O)C[C@H]2Cc3cccc(C)c3OB2O)c2ccc(S(N)(=O)=O)c(O)c2)C(=O)C1=O. The van der Waals surface area contributed by atoms with Crippen molar-refractivity contribution in [3.8, 4) is 11.5 Å².